The molecular weight excluding hydrogens is 378 g/mol. The van der Waals surface area contributed by atoms with Crippen LogP contribution in [-0.4, -0.2) is 38.1 Å². The molecule has 3 rings (SSSR count). The molecule has 1 amide bonds. The Balaban J connectivity index is 1.59. The van der Waals surface area contributed by atoms with E-state index in [4.69, 9.17) is 16.3 Å². The molecule has 1 aromatic heterocycles. The van der Waals surface area contributed by atoms with Crippen LogP contribution in [0.3, 0.4) is 0 Å². The number of rotatable bonds is 7. The zero-order valence-corrected chi connectivity index (χ0v) is 16.8. The maximum absolute atomic E-state index is 12.6. The van der Waals surface area contributed by atoms with Gasteiger partial charge in [-0.25, -0.2) is 4.68 Å². The molecule has 0 fully saturated rings. The molecule has 0 aliphatic heterocycles. The van der Waals surface area contributed by atoms with E-state index < -0.39 is 0 Å². The Morgan fingerprint density at radius 3 is 2.46 bits per heavy atom. The topological polar surface area (TPSA) is 73.1 Å². The first-order chi connectivity index (χ1) is 13.4. The highest BCUT2D eigenvalue weighted by molar-refractivity contribution is 6.30. The molecule has 0 spiro atoms. The lowest BCUT2D eigenvalue weighted by Crippen LogP contribution is -2.26. The van der Waals surface area contributed by atoms with Gasteiger partial charge >= 0.3 is 0 Å². The monoisotopic (exact) mass is 399 g/mol. The highest BCUT2D eigenvalue weighted by atomic mass is 35.5. The maximum Gasteiger partial charge on any atom is 0.253 e. The summed E-state index contributed by atoms with van der Waals surface area (Å²) in [6.45, 7) is 4.77. The molecule has 0 atom stereocenters. The lowest BCUT2D eigenvalue weighted by atomic mass is 10.1. The van der Waals surface area contributed by atoms with Gasteiger partial charge in [-0.2, -0.15) is 0 Å². The average molecular weight is 400 g/mol. The van der Waals surface area contributed by atoms with Crippen molar-refractivity contribution >= 4 is 17.5 Å². The number of hydrogen-bond donors (Lipinski definition) is 0. The van der Waals surface area contributed by atoms with E-state index in [0.717, 1.165) is 5.56 Å². The van der Waals surface area contributed by atoms with Crippen LogP contribution in [0.5, 0.6) is 5.75 Å². The number of nitrogens with zero attached hydrogens (tertiary/aromatic N) is 5. The van der Waals surface area contributed by atoms with Gasteiger partial charge in [-0.05, 0) is 66.2 Å². The summed E-state index contributed by atoms with van der Waals surface area (Å²) in [5.74, 6) is 1.23. The Kier molecular flexibility index (Phi) is 6.26. The van der Waals surface area contributed by atoms with Crippen molar-refractivity contribution in [3.8, 4) is 5.75 Å². The molecule has 2 aromatic carbocycles. The third kappa shape index (κ3) is 4.86. The summed E-state index contributed by atoms with van der Waals surface area (Å²) in [5.41, 5.74) is 1.61. The van der Waals surface area contributed by atoms with Crippen molar-refractivity contribution in [2.24, 2.45) is 0 Å². The molecule has 7 nitrogen and oxygen atoms in total. The van der Waals surface area contributed by atoms with Crippen molar-refractivity contribution < 1.29 is 9.53 Å². The highest BCUT2D eigenvalue weighted by Crippen LogP contribution is 2.17. The predicted octanol–water partition coefficient (Wildman–Crippen LogP) is 3.76. The minimum absolute atomic E-state index is 0.0646. The SMILES string of the molecule is CC(C)n1nnnc1COc1ccc(C(=O)N(C)Cc2ccc(Cl)cc2)cc1. The Morgan fingerprint density at radius 1 is 1.14 bits per heavy atom. The molecule has 8 heteroatoms. The number of hydrogen-bond acceptors (Lipinski definition) is 5. The van der Waals surface area contributed by atoms with E-state index in [9.17, 15) is 4.79 Å². The summed E-state index contributed by atoms with van der Waals surface area (Å²) < 4.78 is 7.45. The second-order valence-electron chi connectivity index (χ2n) is 6.73. The normalized spacial score (nSPS) is 10.9. The third-order valence-corrected chi connectivity index (χ3v) is 4.45. The second kappa shape index (κ2) is 8.84. The van der Waals surface area contributed by atoms with Crippen LogP contribution >= 0.6 is 11.6 Å². The average Bonchev–Trinajstić information content (AvgIpc) is 3.17. The minimum atomic E-state index is -0.0646. The van der Waals surface area contributed by atoms with Crippen LogP contribution in [0.4, 0.5) is 0 Å². The lowest BCUT2D eigenvalue weighted by molar-refractivity contribution is 0.0785. The number of amides is 1. The summed E-state index contributed by atoms with van der Waals surface area (Å²) in [6, 6.07) is 14.7. The van der Waals surface area contributed by atoms with Crippen LogP contribution in [-0.2, 0) is 13.2 Å². The fourth-order valence-corrected chi connectivity index (χ4v) is 2.83. The van der Waals surface area contributed by atoms with Gasteiger partial charge in [0.1, 0.15) is 12.4 Å². The molecule has 0 saturated carbocycles. The van der Waals surface area contributed by atoms with Crippen LogP contribution in [0, 0.1) is 0 Å². The molecule has 0 saturated heterocycles. The van der Waals surface area contributed by atoms with Crippen molar-refractivity contribution in [1.29, 1.82) is 0 Å². The van der Waals surface area contributed by atoms with Gasteiger partial charge in [0.2, 0.25) is 0 Å². The van der Waals surface area contributed by atoms with E-state index >= 15 is 0 Å². The number of benzene rings is 2. The van der Waals surface area contributed by atoms with Gasteiger partial charge < -0.3 is 9.64 Å². The van der Waals surface area contributed by atoms with E-state index in [2.05, 4.69) is 15.5 Å². The lowest BCUT2D eigenvalue weighted by Gasteiger charge is -2.17. The summed E-state index contributed by atoms with van der Waals surface area (Å²) in [6.07, 6.45) is 0. The summed E-state index contributed by atoms with van der Waals surface area (Å²) in [7, 11) is 1.77. The summed E-state index contributed by atoms with van der Waals surface area (Å²) in [5, 5.41) is 12.3. The number of aromatic nitrogens is 4. The van der Waals surface area contributed by atoms with Crippen LogP contribution in [0.1, 0.15) is 41.6 Å². The first kappa shape index (κ1) is 19.8. The van der Waals surface area contributed by atoms with Crippen molar-refractivity contribution in [3.05, 3.63) is 70.5 Å². The molecule has 3 aromatic rings. The Labute approximate surface area is 168 Å². The van der Waals surface area contributed by atoms with Crippen LogP contribution < -0.4 is 4.74 Å². The van der Waals surface area contributed by atoms with Crippen LogP contribution in [0.2, 0.25) is 5.02 Å². The van der Waals surface area contributed by atoms with E-state index in [-0.39, 0.29) is 18.6 Å². The number of carbonyl (C=O) groups excluding carboxylic acids is 1. The second-order valence-corrected chi connectivity index (χ2v) is 7.17. The first-order valence-electron chi connectivity index (χ1n) is 8.93. The fraction of sp³-hybridized carbons (Fsp3) is 0.300. The standard InChI is InChI=1S/C20H22ClN5O2/c1-14(2)26-19(22-23-24-26)13-28-18-10-6-16(7-11-18)20(27)25(3)12-15-4-8-17(21)9-5-15/h4-11,14H,12-13H2,1-3H3. The molecule has 0 N–H and O–H groups in total. The maximum atomic E-state index is 12.6. The van der Waals surface area contributed by atoms with E-state index in [1.807, 2.05) is 38.1 Å². The largest absolute Gasteiger partial charge is 0.486 e. The van der Waals surface area contributed by atoms with Gasteiger partial charge in [-0.1, -0.05) is 23.7 Å². The Bertz CT molecular complexity index is 923. The molecule has 0 aliphatic carbocycles. The van der Waals surface area contributed by atoms with Gasteiger partial charge in [0, 0.05) is 24.2 Å². The minimum Gasteiger partial charge on any atom is -0.486 e. The summed E-state index contributed by atoms with van der Waals surface area (Å²) >= 11 is 5.90. The van der Waals surface area contributed by atoms with E-state index in [1.165, 1.54) is 0 Å². The molecule has 1 heterocycles. The van der Waals surface area contributed by atoms with Gasteiger partial charge in [-0.3, -0.25) is 4.79 Å². The van der Waals surface area contributed by atoms with Gasteiger partial charge in [0.25, 0.3) is 5.91 Å². The third-order valence-electron chi connectivity index (χ3n) is 4.20. The number of ether oxygens (including phenoxy) is 1. The molecule has 0 aliphatic rings. The van der Waals surface area contributed by atoms with Gasteiger partial charge in [0.15, 0.2) is 5.82 Å². The van der Waals surface area contributed by atoms with Crippen molar-refractivity contribution in [2.45, 2.75) is 33.0 Å². The molecule has 0 unspecified atom stereocenters. The highest BCUT2D eigenvalue weighted by Gasteiger charge is 2.13. The van der Waals surface area contributed by atoms with E-state index in [1.54, 1.807) is 40.9 Å². The van der Waals surface area contributed by atoms with Crippen molar-refractivity contribution in [3.63, 3.8) is 0 Å². The molecule has 146 valence electrons. The van der Waals surface area contributed by atoms with Crippen molar-refractivity contribution in [2.75, 3.05) is 7.05 Å². The van der Waals surface area contributed by atoms with Gasteiger partial charge in [-0.15, -0.1) is 5.10 Å². The number of tetrazole rings is 1. The predicted molar refractivity (Wildman–Crippen MR) is 106 cm³/mol. The Morgan fingerprint density at radius 2 is 1.82 bits per heavy atom. The fourth-order valence-electron chi connectivity index (χ4n) is 2.71. The smallest absolute Gasteiger partial charge is 0.253 e. The van der Waals surface area contributed by atoms with Crippen molar-refractivity contribution in [1.82, 2.24) is 25.1 Å². The van der Waals surface area contributed by atoms with Crippen LogP contribution in [0.25, 0.3) is 0 Å². The van der Waals surface area contributed by atoms with Gasteiger partial charge in [0.05, 0.1) is 6.04 Å². The quantitative estimate of drug-likeness (QED) is 0.604. The molecular formula is C20H22ClN5O2. The Hall–Kier alpha value is -2.93. The zero-order chi connectivity index (χ0) is 20.1. The summed E-state index contributed by atoms with van der Waals surface area (Å²) in [4.78, 5) is 14.3. The number of carbonyl (C=O) groups is 1. The van der Waals surface area contributed by atoms with E-state index in [0.29, 0.717) is 28.7 Å². The molecule has 28 heavy (non-hydrogen) atoms. The molecule has 0 bridgehead atoms. The first-order valence-corrected chi connectivity index (χ1v) is 9.31. The molecule has 0 radical (unpaired) electrons. The van der Waals surface area contributed by atoms with Crippen LogP contribution in [0.15, 0.2) is 48.5 Å². The number of halogens is 1. The zero-order valence-electron chi connectivity index (χ0n) is 16.0.